The van der Waals surface area contributed by atoms with Gasteiger partial charge in [-0.15, -0.1) is 0 Å². The van der Waals surface area contributed by atoms with Crippen molar-refractivity contribution < 1.29 is 19.8 Å². The summed E-state index contributed by atoms with van der Waals surface area (Å²) in [6.07, 6.45) is 0. The number of carboxylic acids is 2. The van der Waals surface area contributed by atoms with Gasteiger partial charge in [0.2, 0.25) is 0 Å². The van der Waals surface area contributed by atoms with Crippen molar-refractivity contribution in [1.29, 1.82) is 0 Å². The first kappa shape index (κ1) is 13.8. The third-order valence-electron chi connectivity index (χ3n) is 2.22. The molecule has 18 heavy (non-hydrogen) atoms. The maximum atomic E-state index is 10.7. The zero-order valence-electron chi connectivity index (χ0n) is 10.0. The maximum Gasteiger partial charge on any atom is 0.325 e. The lowest BCUT2D eigenvalue weighted by atomic mass is 10.3. The topological polar surface area (TPSA) is 112 Å². The largest absolute Gasteiger partial charge is 0.480 e. The highest BCUT2D eigenvalue weighted by molar-refractivity contribution is 5.77. The van der Waals surface area contributed by atoms with Gasteiger partial charge in [0.25, 0.3) is 0 Å². The Kier molecular flexibility index (Phi) is 4.47. The summed E-state index contributed by atoms with van der Waals surface area (Å²) in [4.78, 5) is 25.4. The average molecular weight is 253 g/mol. The van der Waals surface area contributed by atoms with E-state index in [1.165, 1.54) is 13.8 Å². The Morgan fingerprint density at radius 2 is 1.44 bits per heavy atom. The predicted octanol–water partition coefficient (Wildman–Crippen LogP) is 0.852. The number of pyridine rings is 1. The second kappa shape index (κ2) is 5.85. The third-order valence-corrected chi connectivity index (χ3v) is 2.22. The van der Waals surface area contributed by atoms with E-state index < -0.39 is 24.0 Å². The molecule has 0 unspecified atom stereocenters. The van der Waals surface area contributed by atoms with E-state index in [1.807, 2.05) is 0 Å². The number of hydrogen-bond donors (Lipinski definition) is 4. The monoisotopic (exact) mass is 253 g/mol. The molecule has 0 aliphatic rings. The van der Waals surface area contributed by atoms with Gasteiger partial charge in [0, 0.05) is 0 Å². The molecule has 0 radical (unpaired) electrons. The van der Waals surface area contributed by atoms with Crippen LogP contribution < -0.4 is 10.6 Å². The molecule has 0 bridgehead atoms. The second-order valence-electron chi connectivity index (χ2n) is 3.82. The van der Waals surface area contributed by atoms with Crippen LogP contribution in [0.1, 0.15) is 13.8 Å². The van der Waals surface area contributed by atoms with Crippen LogP contribution in [-0.2, 0) is 9.59 Å². The van der Waals surface area contributed by atoms with Gasteiger partial charge >= 0.3 is 11.9 Å². The van der Waals surface area contributed by atoms with Gasteiger partial charge in [-0.3, -0.25) is 9.59 Å². The van der Waals surface area contributed by atoms with Crippen LogP contribution in [0.25, 0.3) is 0 Å². The molecule has 0 fully saturated rings. The van der Waals surface area contributed by atoms with Crippen LogP contribution in [-0.4, -0.2) is 39.2 Å². The molecule has 0 spiro atoms. The van der Waals surface area contributed by atoms with Gasteiger partial charge in [-0.05, 0) is 26.0 Å². The van der Waals surface area contributed by atoms with Crippen molar-refractivity contribution in [2.45, 2.75) is 25.9 Å². The Bertz CT molecular complexity index is 412. The van der Waals surface area contributed by atoms with Gasteiger partial charge in [0.1, 0.15) is 23.7 Å². The minimum absolute atomic E-state index is 0.368. The van der Waals surface area contributed by atoms with E-state index in [1.54, 1.807) is 18.2 Å². The van der Waals surface area contributed by atoms with Crippen molar-refractivity contribution >= 4 is 23.6 Å². The quantitative estimate of drug-likeness (QED) is 0.594. The van der Waals surface area contributed by atoms with Crippen molar-refractivity contribution in [2.24, 2.45) is 0 Å². The SMILES string of the molecule is C[C@H](Nc1cccc(N[C@@H](C)C(=O)O)n1)C(=O)O. The van der Waals surface area contributed by atoms with Gasteiger partial charge in [0.15, 0.2) is 0 Å². The summed E-state index contributed by atoms with van der Waals surface area (Å²) in [6.45, 7) is 2.98. The minimum Gasteiger partial charge on any atom is -0.480 e. The second-order valence-corrected chi connectivity index (χ2v) is 3.82. The summed E-state index contributed by atoms with van der Waals surface area (Å²) in [6, 6.07) is 3.32. The maximum absolute atomic E-state index is 10.7. The van der Waals surface area contributed by atoms with Crippen LogP contribution in [0.3, 0.4) is 0 Å². The Labute approximate surface area is 104 Å². The van der Waals surface area contributed by atoms with Crippen molar-refractivity contribution in [2.75, 3.05) is 10.6 Å². The molecule has 0 aromatic carbocycles. The number of carbonyl (C=O) groups is 2. The smallest absolute Gasteiger partial charge is 0.325 e. The van der Waals surface area contributed by atoms with E-state index in [0.29, 0.717) is 11.6 Å². The Hall–Kier alpha value is -2.31. The molecule has 0 saturated heterocycles. The van der Waals surface area contributed by atoms with Crippen molar-refractivity contribution in [3.05, 3.63) is 18.2 Å². The minimum atomic E-state index is -0.992. The summed E-state index contributed by atoms with van der Waals surface area (Å²) in [7, 11) is 0. The van der Waals surface area contributed by atoms with E-state index in [0.717, 1.165) is 0 Å². The summed E-state index contributed by atoms with van der Waals surface area (Å²) in [5.74, 6) is -1.25. The lowest BCUT2D eigenvalue weighted by Crippen LogP contribution is -2.27. The molecule has 7 nitrogen and oxygen atoms in total. The molecule has 0 amide bonds. The number of aromatic nitrogens is 1. The number of nitrogens with zero attached hydrogens (tertiary/aromatic N) is 1. The first-order chi connectivity index (χ1) is 8.40. The number of nitrogens with one attached hydrogen (secondary N) is 2. The fourth-order valence-electron chi connectivity index (χ4n) is 1.16. The molecule has 0 aliphatic carbocycles. The van der Waals surface area contributed by atoms with Gasteiger partial charge in [-0.1, -0.05) is 6.07 Å². The van der Waals surface area contributed by atoms with Gasteiger partial charge in [-0.2, -0.15) is 0 Å². The van der Waals surface area contributed by atoms with Crippen LogP contribution in [0, 0.1) is 0 Å². The lowest BCUT2D eigenvalue weighted by Gasteiger charge is -2.13. The molecule has 1 rings (SSSR count). The van der Waals surface area contributed by atoms with Crippen LogP contribution in [0.15, 0.2) is 18.2 Å². The molecule has 1 aromatic heterocycles. The number of carboxylic acid groups (broad SMARTS) is 2. The molecule has 1 aromatic rings. The Morgan fingerprint density at radius 3 is 1.78 bits per heavy atom. The third kappa shape index (κ3) is 3.93. The Balaban J connectivity index is 2.73. The highest BCUT2D eigenvalue weighted by Crippen LogP contribution is 2.11. The fraction of sp³-hybridized carbons (Fsp3) is 0.364. The standard InChI is InChI=1S/C11H15N3O4/c1-6(10(15)16)12-8-4-3-5-9(14-8)13-7(2)11(17)18/h3-7H,1-2H3,(H,15,16)(H,17,18)(H2,12,13,14)/t6-,7-/m0/s1. The van der Waals surface area contributed by atoms with Crippen molar-refractivity contribution in [3.8, 4) is 0 Å². The summed E-state index contributed by atoms with van der Waals surface area (Å²) < 4.78 is 0. The van der Waals surface area contributed by atoms with E-state index in [9.17, 15) is 9.59 Å². The molecule has 0 saturated carbocycles. The van der Waals surface area contributed by atoms with Crippen LogP contribution in [0.2, 0.25) is 0 Å². The van der Waals surface area contributed by atoms with Crippen molar-refractivity contribution in [1.82, 2.24) is 4.98 Å². The zero-order valence-corrected chi connectivity index (χ0v) is 10.0. The van der Waals surface area contributed by atoms with Gasteiger partial charge < -0.3 is 20.8 Å². The molecule has 1 heterocycles. The fourth-order valence-corrected chi connectivity index (χ4v) is 1.16. The molecular weight excluding hydrogens is 238 g/mol. The predicted molar refractivity (Wildman–Crippen MR) is 65.7 cm³/mol. The normalized spacial score (nSPS) is 13.4. The summed E-state index contributed by atoms with van der Waals surface area (Å²) >= 11 is 0. The molecule has 4 N–H and O–H groups in total. The first-order valence-corrected chi connectivity index (χ1v) is 5.36. The molecule has 0 aliphatic heterocycles. The summed E-state index contributed by atoms with van der Waals surface area (Å²) in [5, 5.41) is 22.9. The van der Waals surface area contributed by atoms with E-state index in [4.69, 9.17) is 10.2 Å². The number of anilines is 2. The molecule has 2 atom stereocenters. The lowest BCUT2D eigenvalue weighted by molar-refractivity contribution is -0.138. The van der Waals surface area contributed by atoms with Gasteiger partial charge in [-0.25, -0.2) is 4.98 Å². The summed E-state index contributed by atoms with van der Waals surface area (Å²) in [5.41, 5.74) is 0. The van der Waals surface area contributed by atoms with E-state index in [2.05, 4.69) is 15.6 Å². The van der Waals surface area contributed by atoms with Crippen LogP contribution in [0.4, 0.5) is 11.6 Å². The molecule has 98 valence electrons. The zero-order chi connectivity index (χ0) is 13.7. The number of aliphatic carboxylic acids is 2. The van der Waals surface area contributed by atoms with E-state index >= 15 is 0 Å². The average Bonchev–Trinajstić information content (AvgIpc) is 2.29. The molecular formula is C11H15N3O4. The Morgan fingerprint density at radius 1 is 1.06 bits per heavy atom. The highest BCUT2D eigenvalue weighted by Gasteiger charge is 2.13. The number of hydrogen-bond acceptors (Lipinski definition) is 5. The highest BCUT2D eigenvalue weighted by atomic mass is 16.4. The first-order valence-electron chi connectivity index (χ1n) is 5.36. The van der Waals surface area contributed by atoms with Crippen molar-refractivity contribution in [3.63, 3.8) is 0 Å². The molecule has 7 heteroatoms. The van der Waals surface area contributed by atoms with Crippen LogP contribution in [0.5, 0.6) is 0 Å². The number of rotatable bonds is 6. The van der Waals surface area contributed by atoms with Crippen LogP contribution >= 0.6 is 0 Å². The van der Waals surface area contributed by atoms with E-state index in [-0.39, 0.29) is 0 Å². The van der Waals surface area contributed by atoms with Gasteiger partial charge in [0.05, 0.1) is 0 Å².